The van der Waals surface area contributed by atoms with E-state index in [0.717, 1.165) is 5.71 Å². The predicted molar refractivity (Wildman–Crippen MR) is 44.6 cm³/mol. The number of hydrogen-bond donors (Lipinski definition) is 1. The first-order valence-corrected chi connectivity index (χ1v) is 3.62. The fourth-order valence-corrected chi connectivity index (χ4v) is 0.790. The van der Waals surface area contributed by atoms with Crippen molar-refractivity contribution < 1.29 is 5.11 Å². The number of rotatable bonds is 2. The molecular formula is C8H17NO. The normalized spacial score (nSPS) is 13.9. The molecule has 0 rings (SSSR count). The van der Waals surface area contributed by atoms with Crippen molar-refractivity contribution in [1.82, 2.24) is 0 Å². The summed E-state index contributed by atoms with van der Waals surface area (Å²) < 4.78 is 0. The molecule has 2 heteroatoms. The third-order valence-electron chi connectivity index (χ3n) is 1.000. The van der Waals surface area contributed by atoms with Crippen LogP contribution >= 0.6 is 0 Å². The highest BCUT2D eigenvalue weighted by atomic mass is 16.3. The molecule has 10 heavy (non-hydrogen) atoms. The van der Waals surface area contributed by atoms with Gasteiger partial charge < -0.3 is 5.11 Å². The highest BCUT2D eigenvalue weighted by Gasteiger charge is 2.06. The van der Waals surface area contributed by atoms with Crippen LogP contribution in [0.1, 0.15) is 34.1 Å². The third-order valence-corrected chi connectivity index (χ3v) is 1.000. The SMILES string of the molecule is C/C(CCO)=N\C(C)(C)C. The minimum atomic E-state index is -0.000741. The molecule has 0 fully saturated rings. The summed E-state index contributed by atoms with van der Waals surface area (Å²) in [7, 11) is 0. The fraction of sp³-hybridized carbons (Fsp3) is 0.875. The zero-order valence-electron chi connectivity index (χ0n) is 7.31. The first-order chi connectivity index (χ1) is 4.45. The fourth-order valence-electron chi connectivity index (χ4n) is 0.790. The summed E-state index contributed by atoms with van der Waals surface area (Å²) in [5.74, 6) is 0. The summed E-state index contributed by atoms with van der Waals surface area (Å²) in [6, 6.07) is 0. The molecule has 0 bridgehead atoms. The van der Waals surface area contributed by atoms with Gasteiger partial charge in [-0.05, 0) is 27.7 Å². The molecule has 1 N–H and O–H groups in total. The Bertz CT molecular complexity index is 122. The standard InChI is InChI=1S/C8H17NO/c1-7(5-6-10)9-8(2,3)4/h10H,5-6H2,1-4H3/b9-7+. The van der Waals surface area contributed by atoms with Crippen molar-refractivity contribution in [3.8, 4) is 0 Å². The lowest BCUT2D eigenvalue weighted by Gasteiger charge is -2.13. The van der Waals surface area contributed by atoms with E-state index in [2.05, 4.69) is 4.99 Å². The van der Waals surface area contributed by atoms with Crippen LogP contribution in [-0.2, 0) is 0 Å². The Morgan fingerprint density at radius 3 is 2.20 bits per heavy atom. The van der Waals surface area contributed by atoms with Gasteiger partial charge >= 0.3 is 0 Å². The maximum atomic E-state index is 8.55. The van der Waals surface area contributed by atoms with Crippen LogP contribution in [0.5, 0.6) is 0 Å². The average molecular weight is 143 g/mol. The predicted octanol–water partition coefficient (Wildman–Crippen LogP) is 1.63. The van der Waals surface area contributed by atoms with Gasteiger partial charge in [0.1, 0.15) is 0 Å². The second-order valence-electron chi connectivity index (χ2n) is 3.49. The highest BCUT2D eigenvalue weighted by molar-refractivity contribution is 5.82. The zero-order chi connectivity index (χ0) is 8.20. The molecule has 0 amide bonds. The second-order valence-corrected chi connectivity index (χ2v) is 3.49. The van der Waals surface area contributed by atoms with Gasteiger partial charge in [0.25, 0.3) is 0 Å². The molecular weight excluding hydrogens is 126 g/mol. The highest BCUT2D eigenvalue weighted by Crippen LogP contribution is 2.07. The minimum absolute atomic E-state index is 0.000741. The van der Waals surface area contributed by atoms with Crippen LogP contribution in [0.4, 0.5) is 0 Å². The van der Waals surface area contributed by atoms with E-state index in [9.17, 15) is 0 Å². The van der Waals surface area contributed by atoms with Gasteiger partial charge in [-0.3, -0.25) is 4.99 Å². The lowest BCUT2D eigenvalue weighted by molar-refractivity contribution is 0.306. The molecule has 60 valence electrons. The average Bonchev–Trinajstić information content (AvgIpc) is 1.59. The number of aliphatic hydroxyl groups excluding tert-OH is 1. The van der Waals surface area contributed by atoms with Crippen molar-refractivity contribution >= 4 is 5.71 Å². The number of aliphatic imine (C=N–C) groups is 1. The van der Waals surface area contributed by atoms with Crippen LogP contribution in [-0.4, -0.2) is 23.0 Å². The first-order valence-electron chi connectivity index (χ1n) is 3.62. The topological polar surface area (TPSA) is 32.6 Å². The van der Waals surface area contributed by atoms with E-state index in [-0.39, 0.29) is 12.1 Å². The Hall–Kier alpha value is -0.370. The summed E-state index contributed by atoms with van der Waals surface area (Å²) in [6.45, 7) is 8.29. The Kier molecular flexibility index (Phi) is 3.58. The van der Waals surface area contributed by atoms with Crippen LogP contribution in [0.15, 0.2) is 4.99 Å². The molecule has 0 spiro atoms. The van der Waals surface area contributed by atoms with Crippen molar-refractivity contribution in [2.75, 3.05) is 6.61 Å². The Morgan fingerprint density at radius 2 is 1.90 bits per heavy atom. The van der Waals surface area contributed by atoms with Gasteiger partial charge in [-0.1, -0.05) is 0 Å². The van der Waals surface area contributed by atoms with Gasteiger partial charge in [0.05, 0.1) is 5.54 Å². The molecule has 0 aliphatic heterocycles. The molecule has 0 atom stereocenters. The largest absolute Gasteiger partial charge is 0.396 e. The molecule has 0 unspecified atom stereocenters. The van der Waals surface area contributed by atoms with Gasteiger partial charge in [-0.2, -0.15) is 0 Å². The summed E-state index contributed by atoms with van der Waals surface area (Å²) >= 11 is 0. The van der Waals surface area contributed by atoms with Crippen molar-refractivity contribution in [2.45, 2.75) is 39.7 Å². The monoisotopic (exact) mass is 143 g/mol. The van der Waals surface area contributed by atoms with Gasteiger partial charge in [0, 0.05) is 18.7 Å². The van der Waals surface area contributed by atoms with E-state index in [1.807, 2.05) is 27.7 Å². The van der Waals surface area contributed by atoms with Gasteiger partial charge in [-0.25, -0.2) is 0 Å². The van der Waals surface area contributed by atoms with Crippen LogP contribution in [0.25, 0.3) is 0 Å². The van der Waals surface area contributed by atoms with Crippen LogP contribution in [0.2, 0.25) is 0 Å². The Balaban J connectivity index is 3.90. The summed E-state index contributed by atoms with van der Waals surface area (Å²) in [5.41, 5.74) is 1.02. The maximum absolute atomic E-state index is 8.55. The summed E-state index contributed by atoms with van der Waals surface area (Å²) in [6.07, 6.45) is 0.692. The van der Waals surface area contributed by atoms with Crippen molar-refractivity contribution in [3.63, 3.8) is 0 Å². The first kappa shape index (κ1) is 9.63. The maximum Gasteiger partial charge on any atom is 0.0523 e. The van der Waals surface area contributed by atoms with E-state index >= 15 is 0 Å². The smallest absolute Gasteiger partial charge is 0.0523 e. The second kappa shape index (κ2) is 3.71. The molecule has 0 saturated carbocycles. The van der Waals surface area contributed by atoms with E-state index < -0.39 is 0 Å². The number of nitrogens with zero attached hydrogens (tertiary/aromatic N) is 1. The van der Waals surface area contributed by atoms with Crippen LogP contribution in [0, 0.1) is 0 Å². The van der Waals surface area contributed by atoms with Crippen molar-refractivity contribution in [2.24, 2.45) is 4.99 Å². The molecule has 0 aromatic rings. The molecule has 0 aliphatic rings. The molecule has 0 aliphatic carbocycles. The van der Waals surface area contributed by atoms with Gasteiger partial charge in [-0.15, -0.1) is 0 Å². The molecule has 0 aromatic heterocycles. The number of aliphatic hydroxyl groups is 1. The number of hydrogen-bond acceptors (Lipinski definition) is 2. The molecule has 0 aromatic carbocycles. The van der Waals surface area contributed by atoms with E-state index in [0.29, 0.717) is 6.42 Å². The Morgan fingerprint density at radius 1 is 1.40 bits per heavy atom. The van der Waals surface area contributed by atoms with E-state index in [1.54, 1.807) is 0 Å². The quantitative estimate of drug-likeness (QED) is 0.585. The van der Waals surface area contributed by atoms with Crippen molar-refractivity contribution in [1.29, 1.82) is 0 Å². The molecule has 2 nitrogen and oxygen atoms in total. The zero-order valence-corrected chi connectivity index (χ0v) is 7.31. The summed E-state index contributed by atoms with van der Waals surface area (Å²) in [5, 5.41) is 8.55. The molecule has 0 saturated heterocycles. The Labute approximate surface area is 63.0 Å². The van der Waals surface area contributed by atoms with Crippen LogP contribution < -0.4 is 0 Å². The van der Waals surface area contributed by atoms with Crippen molar-refractivity contribution in [3.05, 3.63) is 0 Å². The third kappa shape index (κ3) is 5.76. The minimum Gasteiger partial charge on any atom is -0.396 e. The summed E-state index contributed by atoms with van der Waals surface area (Å²) in [4.78, 5) is 4.36. The van der Waals surface area contributed by atoms with Gasteiger partial charge in [0.15, 0.2) is 0 Å². The van der Waals surface area contributed by atoms with E-state index in [4.69, 9.17) is 5.11 Å². The lowest BCUT2D eigenvalue weighted by atomic mass is 10.1. The lowest BCUT2D eigenvalue weighted by Crippen LogP contribution is -2.13. The molecule has 0 heterocycles. The van der Waals surface area contributed by atoms with Gasteiger partial charge in [0.2, 0.25) is 0 Å². The van der Waals surface area contributed by atoms with Crippen LogP contribution in [0.3, 0.4) is 0 Å². The van der Waals surface area contributed by atoms with E-state index in [1.165, 1.54) is 0 Å². The molecule has 0 radical (unpaired) electrons.